The molecule has 6 nitrogen and oxygen atoms in total. The molecule has 0 aliphatic heterocycles. The maximum Gasteiger partial charge on any atom is 0.181 e. The third kappa shape index (κ3) is 2.05. The fraction of sp³-hybridized carbons (Fsp3) is 0.200. The van der Waals surface area contributed by atoms with Gasteiger partial charge in [-0.25, -0.2) is 19.6 Å². The first-order valence-electron chi connectivity index (χ1n) is 6.92. The molecule has 0 atom stereocenters. The molecule has 0 bridgehead atoms. The van der Waals surface area contributed by atoms with Crippen molar-refractivity contribution >= 4 is 5.69 Å². The van der Waals surface area contributed by atoms with E-state index >= 15 is 0 Å². The average Bonchev–Trinajstić information content (AvgIpc) is 3.16. The number of hydrogen-bond donors (Lipinski definition) is 1. The van der Waals surface area contributed by atoms with Gasteiger partial charge in [0.15, 0.2) is 11.6 Å². The number of hydrogen-bond acceptors (Lipinski definition) is 5. The van der Waals surface area contributed by atoms with Crippen LogP contribution in [0, 0.1) is 0 Å². The van der Waals surface area contributed by atoms with Gasteiger partial charge in [-0.3, -0.25) is 0 Å². The largest absolute Gasteiger partial charge is 0.399 e. The lowest BCUT2D eigenvalue weighted by Gasteiger charge is -2.05. The van der Waals surface area contributed by atoms with Gasteiger partial charge < -0.3 is 5.73 Å². The number of anilines is 1. The minimum Gasteiger partial charge on any atom is -0.399 e. The molecule has 4 rings (SSSR count). The predicted octanol–water partition coefficient (Wildman–Crippen LogP) is 1.80. The summed E-state index contributed by atoms with van der Waals surface area (Å²) in [5.74, 6) is 1.48. The van der Waals surface area contributed by atoms with Gasteiger partial charge in [-0.05, 0) is 31.4 Å². The molecule has 0 unspecified atom stereocenters. The van der Waals surface area contributed by atoms with Gasteiger partial charge in [0.2, 0.25) is 0 Å². The number of aryl methyl sites for hydroxylation is 1. The van der Waals surface area contributed by atoms with Gasteiger partial charge in [-0.15, -0.1) is 5.10 Å². The van der Waals surface area contributed by atoms with Crippen LogP contribution in [0.5, 0.6) is 0 Å². The van der Waals surface area contributed by atoms with Crippen LogP contribution in [0.15, 0.2) is 36.9 Å². The number of nitrogen functional groups attached to an aromatic ring is 1. The SMILES string of the molecule is Nc1cccc(-c2ncn(-c3ncnc4c3CCC4)n2)c1. The molecule has 21 heavy (non-hydrogen) atoms. The maximum absolute atomic E-state index is 5.80. The molecule has 0 amide bonds. The van der Waals surface area contributed by atoms with Crippen molar-refractivity contribution in [2.24, 2.45) is 0 Å². The topological polar surface area (TPSA) is 82.5 Å². The second-order valence-electron chi connectivity index (χ2n) is 5.11. The smallest absolute Gasteiger partial charge is 0.181 e. The Bertz CT molecular complexity index is 807. The van der Waals surface area contributed by atoms with Crippen LogP contribution in [0.25, 0.3) is 17.2 Å². The molecule has 6 heteroatoms. The molecule has 0 spiro atoms. The Kier molecular flexibility index (Phi) is 2.67. The summed E-state index contributed by atoms with van der Waals surface area (Å²) in [5, 5.41) is 4.53. The Morgan fingerprint density at radius 3 is 2.95 bits per heavy atom. The number of aromatic nitrogens is 5. The van der Waals surface area contributed by atoms with Crippen LogP contribution in [0.4, 0.5) is 5.69 Å². The molecule has 3 aromatic rings. The van der Waals surface area contributed by atoms with Gasteiger partial charge in [-0.1, -0.05) is 12.1 Å². The first-order chi connectivity index (χ1) is 10.3. The van der Waals surface area contributed by atoms with Crippen molar-refractivity contribution in [1.29, 1.82) is 0 Å². The molecule has 0 saturated heterocycles. The normalized spacial score (nSPS) is 13.3. The van der Waals surface area contributed by atoms with E-state index in [1.54, 1.807) is 17.3 Å². The number of nitrogens with two attached hydrogens (primary N) is 1. The summed E-state index contributed by atoms with van der Waals surface area (Å²) < 4.78 is 1.73. The molecule has 104 valence electrons. The lowest BCUT2D eigenvalue weighted by atomic mass is 10.2. The van der Waals surface area contributed by atoms with Gasteiger partial charge >= 0.3 is 0 Å². The van der Waals surface area contributed by atoms with E-state index in [0.29, 0.717) is 11.5 Å². The zero-order valence-electron chi connectivity index (χ0n) is 11.4. The number of nitrogens with zero attached hydrogens (tertiary/aromatic N) is 5. The third-order valence-electron chi connectivity index (χ3n) is 3.71. The summed E-state index contributed by atoms with van der Waals surface area (Å²) in [6.07, 6.45) is 6.43. The summed E-state index contributed by atoms with van der Waals surface area (Å²) in [5.41, 5.74) is 9.72. The van der Waals surface area contributed by atoms with Crippen LogP contribution in [-0.2, 0) is 12.8 Å². The summed E-state index contributed by atoms with van der Waals surface area (Å²) in [4.78, 5) is 13.1. The highest BCUT2D eigenvalue weighted by Crippen LogP contribution is 2.24. The van der Waals surface area contributed by atoms with Crippen LogP contribution in [0.3, 0.4) is 0 Å². The number of rotatable bonds is 2. The van der Waals surface area contributed by atoms with Crippen molar-refractivity contribution in [2.45, 2.75) is 19.3 Å². The predicted molar refractivity (Wildman–Crippen MR) is 78.8 cm³/mol. The van der Waals surface area contributed by atoms with E-state index in [0.717, 1.165) is 36.3 Å². The lowest BCUT2D eigenvalue weighted by molar-refractivity contribution is 0.820. The van der Waals surface area contributed by atoms with Crippen LogP contribution >= 0.6 is 0 Å². The second kappa shape index (κ2) is 4.66. The van der Waals surface area contributed by atoms with Crippen molar-refractivity contribution in [3.05, 3.63) is 48.2 Å². The monoisotopic (exact) mass is 278 g/mol. The average molecular weight is 278 g/mol. The fourth-order valence-electron chi connectivity index (χ4n) is 2.71. The molecule has 1 aliphatic carbocycles. The number of fused-ring (bicyclic) bond motifs is 1. The second-order valence-corrected chi connectivity index (χ2v) is 5.11. The van der Waals surface area contributed by atoms with Crippen LogP contribution in [0.2, 0.25) is 0 Å². The Balaban J connectivity index is 1.77. The standard InChI is InChI=1S/C15H14N6/c16-11-4-1-3-10(7-11)14-19-9-21(20-14)15-12-5-2-6-13(12)17-8-18-15/h1,3-4,7-9H,2,5-6,16H2. The summed E-state index contributed by atoms with van der Waals surface area (Å²) in [6.45, 7) is 0. The van der Waals surface area contributed by atoms with E-state index in [1.165, 1.54) is 5.56 Å². The molecule has 0 radical (unpaired) electrons. The molecule has 2 N–H and O–H groups in total. The van der Waals surface area contributed by atoms with Crippen molar-refractivity contribution < 1.29 is 0 Å². The Morgan fingerprint density at radius 2 is 2.05 bits per heavy atom. The van der Waals surface area contributed by atoms with Gasteiger partial charge in [0.25, 0.3) is 0 Å². The number of benzene rings is 1. The molecular formula is C15H14N6. The fourth-order valence-corrected chi connectivity index (χ4v) is 2.71. The third-order valence-corrected chi connectivity index (χ3v) is 3.71. The van der Waals surface area contributed by atoms with Gasteiger partial charge in [0.1, 0.15) is 12.7 Å². The molecule has 2 aromatic heterocycles. The zero-order chi connectivity index (χ0) is 14.2. The first kappa shape index (κ1) is 12.0. The molecule has 1 aromatic carbocycles. The van der Waals surface area contributed by atoms with Crippen molar-refractivity contribution in [3.8, 4) is 17.2 Å². The highest BCUT2D eigenvalue weighted by molar-refractivity contribution is 5.60. The van der Waals surface area contributed by atoms with Gasteiger partial charge in [0, 0.05) is 22.5 Å². The van der Waals surface area contributed by atoms with Crippen LogP contribution in [-0.4, -0.2) is 24.7 Å². The van der Waals surface area contributed by atoms with E-state index in [2.05, 4.69) is 20.1 Å². The highest BCUT2D eigenvalue weighted by Gasteiger charge is 2.19. The summed E-state index contributed by atoms with van der Waals surface area (Å²) in [6, 6.07) is 7.55. The molecular weight excluding hydrogens is 264 g/mol. The zero-order valence-corrected chi connectivity index (χ0v) is 11.4. The van der Waals surface area contributed by atoms with Crippen molar-refractivity contribution in [3.63, 3.8) is 0 Å². The molecule has 0 saturated carbocycles. The summed E-state index contributed by atoms with van der Waals surface area (Å²) in [7, 11) is 0. The quantitative estimate of drug-likeness (QED) is 0.723. The lowest BCUT2D eigenvalue weighted by Crippen LogP contribution is -2.04. The van der Waals surface area contributed by atoms with E-state index in [1.807, 2.05) is 24.3 Å². The van der Waals surface area contributed by atoms with E-state index in [-0.39, 0.29) is 0 Å². The Morgan fingerprint density at radius 1 is 1.10 bits per heavy atom. The van der Waals surface area contributed by atoms with Crippen molar-refractivity contribution in [2.75, 3.05) is 5.73 Å². The Labute approximate surface area is 121 Å². The first-order valence-corrected chi connectivity index (χ1v) is 6.92. The Hall–Kier alpha value is -2.76. The van der Waals surface area contributed by atoms with Crippen LogP contribution < -0.4 is 5.73 Å². The molecule has 2 heterocycles. The van der Waals surface area contributed by atoms with Crippen molar-refractivity contribution in [1.82, 2.24) is 24.7 Å². The molecule has 0 fully saturated rings. The maximum atomic E-state index is 5.80. The van der Waals surface area contributed by atoms with Gasteiger partial charge in [-0.2, -0.15) is 0 Å². The van der Waals surface area contributed by atoms with E-state index in [4.69, 9.17) is 5.73 Å². The van der Waals surface area contributed by atoms with Gasteiger partial charge in [0.05, 0.1) is 0 Å². The minimum atomic E-state index is 0.646. The van der Waals surface area contributed by atoms with E-state index < -0.39 is 0 Å². The van der Waals surface area contributed by atoms with Crippen LogP contribution in [0.1, 0.15) is 17.7 Å². The highest BCUT2D eigenvalue weighted by atomic mass is 15.4. The minimum absolute atomic E-state index is 0.646. The van der Waals surface area contributed by atoms with E-state index in [9.17, 15) is 0 Å². The summed E-state index contributed by atoms with van der Waals surface area (Å²) >= 11 is 0. The molecule has 1 aliphatic rings.